The van der Waals surface area contributed by atoms with Gasteiger partial charge in [-0.1, -0.05) is 20.8 Å². The molecular weight excluding hydrogens is 220 g/mol. The van der Waals surface area contributed by atoms with Crippen LogP contribution in [0.25, 0.3) is 0 Å². The van der Waals surface area contributed by atoms with Crippen molar-refractivity contribution in [1.82, 2.24) is 10.2 Å². The van der Waals surface area contributed by atoms with E-state index in [0.29, 0.717) is 17.5 Å². The predicted octanol–water partition coefficient (Wildman–Crippen LogP) is 3.66. The van der Waals surface area contributed by atoms with Crippen LogP contribution >= 0.6 is 0 Å². The molecule has 0 aromatic heterocycles. The minimum atomic E-state index is 0.579. The highest BCUT2D eigenvalue weighted by molar-refractivity contribution is 4.85. The van der Waals surface area contributed by atoms with Gasteiger partial charge in [-0.05, 0) is 58.4 Å². The van der Waals surface area contributed by atoms with Gasteiger partial charge in [-0.15, -0.1) is 0 Å². The molecule has 1 N–H and O–H groups in total. The average Bonchev–Trinajstić information content (AvgIpc) is 2.34. The second kappa shape index (κ2) is 6.91. The summed E-state index contributed by atoms with van der Waals surface area (Å²) in [6, 6.07) is 2.09. The molecule has 0 saturated heterocycles. The van der Waals surface area contributed by atoms with Crippen LogP contribution in [0.15, 0.2) is 0 Å². The molecule has 0 aliphatic heterocycles. The molecule has 1 rings (SSSR count). The molecule has 18 heavy (non-hydrogen) atoms. The van der Waals surface area contributed by atoms with Crippen LogP contribution < -0.4 is 5.32 Å². The largest absolute Gasteiger partial charge is 0.313 e. The van der Waals surface area contributed by atoms with Gasteiger partial charge in [0.15, 0.2) is 0 Å². The first kappa shape index (κ1) is 16.0. The van der Waals surface area contributed by atoms with Crippen LogP contribution in [0.1, 0.15) is 66.7 Å². The van der Waals surface area contributed by atoms with Gasteiger partial charge >= 0.3 is 0 Å². The zero-order valence-electron chi connectivity index (χ0n) is 13.4. The zero-order chi connectivity index (χ0) is 13.8. The van der Waals surface area contributed by atoms with Gasteiger partial charge in [-0.25, -0.2) is 0 Å². The van der Waals surface area contributed by atoms with Crippen LogP contribution in [-0.2, 0) is 0 Å². The minimum Gasteiger partial charge on any atom is -0.313 e. The van der Waals surface area contributed by atoms with Crippen molar-refractivity contribution in [2.45, 2.75) is 84.8 Å². The molecule has 0 heterocycles. The second-order valence-corrected chi connectivity index (χ2v) is 7.13. The van der Waals surface area contributed by atoms with Crippen LogP contribution in [0.2, 0.25) is 0 Å². The van der Waals surface area contributed by atoms with E-state index in [-0.39, 0.29) is 0 Å². The highest BCUT2D eigenvalue weighted by atomic mass is 15.2. The molecule has 2 atom stereocenters. The molecule has 1 fully saturated rings. The van der Waals surface area contributed by atoms with Gasteiger partial charge < -0.3 is 5.32 Å². The number of nitrogens with one attached hydrogen (secondary N) is 1. The monoisotopic (exact) mass is 254 g/mol. The van der Waals surface area contributed by atoms with Gasteiger partial charge in [0.2, 0.25) is 0 Å². The minimum absolute atomic E-state index is 0.579. The number of nitrogens with zero attached hydrogens (tertiary/aromatic N) is 1. The summed E-state index contributed by atoms with van der Waals surface area (Å²) in [6.45, 7) is 12.8. The van der Waals surface area contributed by atoms with Crippen LogP contribution in [0.4, 0.5) is 0 Å². The third-order valence-corrected chi connectivity index (χ3v) is 4.95. The van der Waals surface area contributed by atoms with Crippen molar-refractivity contribution >= 4 is 0 Å². The lowest BCUT2D eigenvalue weighted by molar-refractivity contribution is 0.0986. The van der Waals surface area contributed by atoms with E-state index in [1.807, 2.05) is 0 Å². The zero-order valence-corrected chi connectivity index (χ0v) is 13.4. The summed E-state index contributed by atoms with van der Waals surface area (Å²) in [7, 11) is 2.31. The first-order chi connectivity index (χ1) is 8.35. The van der Waals surface area contributed by atoms with E-state index in [2.05, 4.69) is 51.9 Å². The Balaban J connectivity index is 2.33. The van der Waals surface area contributed by atoms with Gasteiger partial charge in [0.1, 0.15) is 0 Å². The Morgan fingerprint density at radius 3 is 2.28 bits per heavy atom. The number of likely N-dealkylation sites (N-methyl/N-ethyl adjacent to an activating group) is 1. The molecule has 0 amide bonds. The molecule has 2 unspecified atom stereocenters. The van der Waals surface area contributed by atoms with Crippen molar-refractivity contribution in [3.05, 3.63) is 0 Å². The molecule has 2 nitrogen and oxygen atoms in total. The summed E-state index contributed by atoms with van der Waals surface area (Å²) in [5.41, 5.74) is 0.579. The fraction of sp³-hybridized carbons (Fsp3) is 1.00. The standard InChI is InChI=1S/C16H34N2/c1-7-13(2)17-12-14(3)18(6)15-8-10-16(4,5)11-9-15/h13-15,17H,7-12H2,1-6H3. The Hall–Kier alpha value is -0.0800. The summed E-state index contributed by atoms with van der Waals surface area (Å²) in [5.74, 6) is 0. The summed E-state index contributed by atoms with van der Waals surface area (Å²) < 4.78 is 0. The summed E-state index contributed by atoms with van der Waals surface area (Å²) in [6.07, 6.45) is 6.73. The van der Waals surface area contributed by atoms with Crippen LogP contribution in [0.5, 0.6) is 0 Å². The van der Waals surface area contributed by atoms with Crippen molar-refractivity contribution in [3.63, 3.8) is 0 Å². The molecule has 108 valence electrons. The van der Waals surface area contributed by atoms with Crippen molar-refractivity contribution in [2.24, 2.45) is 5.41 Å². The first-order valence-electron chi connectivity index (χ1n) is 7.81. The highest BCUT2D eigenvalue weighted by Crippen LogP contribution is 2.36. The fourth-order valence-corrected chi connectivity index (χ4v) is 2.81. The number of hydrogen-bond acceptors (Lipinski definition) is 2. The van der Waals surface area contributed by atoms with E-state index in [1.165, 1.54) is 32.1 Å². The van der Waals surface area contributed by atoms with Gasteiger partial charge in [0.25, 0.3) is 0 Å². The highest BCUT2D eigenvalue weighted by Gasteiger charge is 2.30. The maximum atomic E-state index is 3.63. The van der Waals surface area contributed by atoms with Gasteiger partial charge in [0.05, 0.1) is 0 Å². The fourth-order valence-electron chi connectivity index (χ4n) is 2.81. The smallest absolute Gasteiger partial charge is 0.0192 e. The van der Waals surface area contributed by atoms with Crippen molar-refractivity contribution < 1.29 is 0 Å². The van der Waals surface area contributed by atoms with Gasteiger partial charge in [0, 0.05) is 24.7 Å². The number of hydrogen-bond donors (Lipinski definition) is 1. The average molecular weight is 254 g/mol. The summed E-state index contributed by atoms with van der Waals surface area (Å²) in [5, 5.41) is 3.63. The molecule has 1 saturated carbocycles. The van der Waals surface area contributed by atoms with Crippen LogP contribution in [-0.4, -0.2) is 36.6 Å². The molecule has 0 radical (unpaired) electrons. The Morgan fingerprint density at radius 2 is 1.78 bits per heavy atom. The first-order valence-corrected chi connectivity index (χ1v) is 7.81. The van der Waals surface area contributed by atoms with Gasteiger partial charge in [-0.2, -0.15) is 0 Å². The Kier molecular flexibility index (Phi) is 6.13. The Morgan fingerprint density at radius 1 is 1.22 bits per heavy atom. The topological polar surface area (TPSA) is 15.3 Å². The van der Waals surface area contributed by atoms with E-state index >= 15 is 0 Å². The van der Waals surface area contributed by atoms with Crippen LogP contribution in [0.3, 0.4) is 0 Å². The lowest BCUT2D eigenvalue weighted by atomic mass is 9.75. The Bertz CT molecular complexity index is 227. The van der Waals surface area contributed by atoms with Gasteiger partial charge in [-0.3, -0.25) is 4.90 Å². The quantitative estimate of drug-likeness (QED) is 0.778. The van der Waals surface area contributed by atoms with Crippen LogP contribution in [0, 0.1) is 5.41 Å². The summed E-state index contributed by atoms with van der Waals surface area (Å²) in [4.78, 5) is 2.60. The molecule has 0 bridgehead atoms. The van der Waals surface area contributed by atoms with Crippen molar-refractivity contribution in [3.8, 4) is 0 Å². The third-order valence-electron chi connectivity index (χ3n) is 4.95. The lowest BCUT2D eigenvalue weighted by Gasteiger charge is -2.41. The molecule has 1 aliphatic carbocycles. The van der Waals surface area contributed by atoms with Crippen molar-refractivity contribution in [1.29, 1.82) is 0 Å². The lowest BCUT2D eigenvalue weighted by Crippen LogP contribution is -2.47. The normalized spacial score (nSPS) is 24.2. The number of rotatable bonds is 6. The van der Waals surface area contributed by atoms with E-state index in [1.54, 1.807) is 0 Å². The predicted molar refractivity (Wildman–Crippen MR) is 81.0 cm³/mol. The van der Waals surface area contributed by atoms with Crippen molar-refractivity contribution in [2.75, 3.05) is 13.6 Å². The maximum absolute atomic E-state index is 3.63. The molecule has 0 aromatic carbocycles. The second-order valence-electron chi connectivity index (χ2n) is 7.13. The van der Waals surface area contributed by atoms with E-state index in [9.17, 15) is 0 Å². The Labute approximate surface area is 115 Å². The molecule has 0 aromatic rings. The molecular formula is C16H34N2. The summed E-state index contributed by atoms with van der Waals surface area (Å²) >= 11 is 0. The third kappa shape index (κ3) is 4.89. The molecule has 2 heteroatoms. The molecule has 1 aliphatic rings. The van der Waals surface area contributed by atoms with E-state index in [4.69, 9.17) is 0 Å². The SMILES string of the molecule is CCC(C)NCC(C)N(C)C1CCC(C)(C)CC1. The maximum Gasteiger partial charge on any atom is 0.0192 e. The van der Waals surface area contributed by atoms with E-state index < -0.39 is 0 Å². The molecule has 0 spiro atoms. The van der Waals surface area contributed by atoms with E-state index in [0.717, 1.165) is 12.6 Å².